The van der Waals surface area contributed by atoms with Crippen molar-refractivity contribution in [2.24, 2.45) is 0 Å². The Kier molecular flexibility index (Phi) is 7.24. The van der Waals surface area contributed by atoms with E-state index < -0.39 is 0 Å². The molecule has 0 radical (unpaired) electrons. The van der Waals surface area contributed by atoms with Gasteiger partial charge >= 0.3 is 6.01 Å². The van der Waals surface area contributed by atoms with Gasteiger partial charge in [-0.25, -0.2) is 4.39 Å². The van der Waals surface area contributed by atoms with E-state index in [9.17, 15) is 9.65 Å². The number of hydrogen-bond acceptors (Lipinski definition) is 8. The number of ether oxygens (including phenoxy) is 1. The average Bonchev–Trinajstić information content (AvgIpc) is 3.37. The van der Waals surface area contributed by atoms with E-state index in [2.05, 4.69) is 39.8 Å². The lowest BCUT2D eigenvalue weighted by Crippen LogP contribution is -2.52. The summed E-state index contributed by atoms with van der Waals surface area (Å²) < 4.78 is 20.8. The van der Waals surface area contributed by atoms with Gasteiger partial charge in [-0.15, -0.1) is 0 Å². The molecule has 2 fully saturated rings. The monoisotopic (exact) mass is 529 g/mol. The van der Waals surface area contributed by atoms with Gasteiger partial charge in [0.1, 0.15) is 18.2 Å². The van der Waals surface area contributed by atoms with Crippen LogP contribution < -0.4 is 14.5 Å². The lowest BCUT2D eigenvalue weighted by molar-refractivity contribution is 0.186. The van der Waals surface area contributed by atoms with Crippen LogP contribution in [-0.2, 0) is 13.0 Å². The summed E-state index contributed by atoms with van der Waals surface area (Å²) in [7, 11) is 4.23. The van der Waals surface area contributed by atoms with Crippen molar-refractivity contribution in [1.29, 1.82) is 5.26 Å². The number of benzene rings is 2. The Labute approximate surface area is 229 Å². The molecular formula is C30H36FN7O. The predicted molar refractivity (Wildman–Crippen MR) is 151 cm³/mol. The van der Waals surface area contributed by atoms with Crippen molar-refractivity contribution < 1.29 is 9.13 Å². The third-order valence-corrected chi connectivity index (χ3v) is 8.69. The molecule has 2 aromatic carbocycles. The van der Waals surface area contributed by atoms with Gasteiger partial charge in [0, 0.05) is 60.3 Å². The molecule has 0 unspecified atom stereocenters. The third-order valence-electron chi connectivity index (χ3n) is 8.69. The molecule has 0 spiro atoms. The highest BCUT2D eigenvalue weighted by Gasteiger charge is 2.31. The van der Waals surface area contributed by atoms with Gasteiger partial charge < -0.3 is 19.4 Å². The van der Waals surface area contributed by atoms with Gasteiger partial charge in [-0.2, -0.15) is 15.2 Å². The Morgan fingerprint density at radius 1 is 0.974 bits per heavy atom. The van der Waals surface area contributed by atoms with E-state index in [0.717, 1.165) is 73.7 Å². The Bertz CT molecular complexity index is 1390. The maximum atomic E-state index is 14.6. The van der Waals surface area contributed by atoms with Crippen LogP contribution in [0.25, 0.3) is 10.8 Å². The lowest BCUT2D eigenvalue weighted by Gasteiger charge is -2.41. The fourth-order valence-corrected chi connectivity index (χ4v) is 6.27. The van der Waals surface area contributed by atoms with Crippen molar-refractivity contribution in [1.82, 2.24) is 19.8 Å². The summed E-state index contributed by atoms with van der Waals surface area (Å²) in [5, 5.41) is 10.9. The molecule has 204 valence electrons. The molecule has 8 nitrogen and oxygen atoms in total. The number of nitrogens with zero attached hydrogens (tertiary/aromatic N) is 7. The summed E-state index contributed by atoms with van der Waals surface area (Å²) in [6, 6.07) is 14.4. The number of nitriles is 1. The fourth-order valence-electron chi connectivity index (χ4n) is 6.27. The molecule has 4 heterocycles. The Morgan fingerprint density at radius 2 is 1.79 bits per heavy atom. The second-order valence-corrected chi connectivity index (χ2v) is 11.1. The summed E-state index contributed by atoms with van der Waals surface area (Å²) in [4.78, 5) is 19.1. The van der Waals surface area contributed by atoms with Crippen LogP contribution in [0.3, 0.4) is 0 Å². The topological polar surface area (TPSA) is 71.8 Å². The van der Waals surface area contributed by atoms with Crippen molar-refractivity contribution in [3.05, 3.63) is 53.5 Å². The number of aromatic nitrogens is 2. The maximum Gasteiger partial charge on any atom is 0.318 e. The molecular weight excluding hydrogens is 493 g/mol. The highest BCUT2D eigenvalue weighted by Crippen LogP contribution is 2.35. The number of anilines is 2. The largest absolute Gasteiger partial charge is 0.462 e. The summed E-state index contributed by atoms with van der Waals surface area (Å²) >= 11 is 0. The molecule has 3 aliphatic heterocycles. The van der Waals surface area contributed by atoms with Crippen LogP contribution >= 0.6 is 0 Å². The summed E-state index contributed by atoms with van der Waals surface area (Å²) in [5.74, 6) is 0.736. The molecule has 2 atom stereocenters. The maximum absolute atomic E-state index is 14.6. The van der Waals surface area contributed by atoms with Gasteiger partial charge in [-0.3, -0.25) is 4.90 Å². The molecule has 0 aliphatic carbocycles. The first-order valence-electron chi connectivity index (χ1n) is 14.0. The Hall–Kier alpha value is -3.48. The van der Waals surface area contributed by atoms with E-state index in [-0.39, 0.29) is 11.9 Å². The van der Waals surface area contributed by atoms with Gasteiger partial charge in [0.15, 0.2) is 0 Å². The molecule has 39 heavy (non-hydrogen) atoms. The first-order chi connectivity index (χ1) is 19.0. The van der Waals surface area contributed by atoms with E-state index in [4.69, 9.17) is 14.7 Å². The molecule has 2 saturated heterocycles. The number of likely N-dealkylation sites (N-methyl/N-ethyl adjacent to an activating group) is 2. The third kappa shape index (κ3) is 5.11. The molecule has 0 amide bonds. The second-order valence-electron chi connectivity index (χ2n) is 11.1. The zero-order valence-corrected chi connectivity index (χ0v) is 22.8. The Morgan fingerprint density at radius 3 is 2.59 bits per heavy atom. The van der Waals surface area contributed by atoms with Crippen molar-refractivity contribution in [2.45, 2.75) is 44.3 Å². The number of piperazine rings is 1. The van der Waals surface area contributed by atoms with Crippen LogP contribution in [-0.4, -0.2) is 85.3 Å². The zero-order chi connectivity index (χ0) is 26.9. The SMILES string of the molecule is CN1CCC[C@H]1COc1nc2c(c(N3CCN(C)[C@@H](CC#N)C3)n1)CCN(c1ccc(F)c3ccccc13)C2. The summed E-state index contributed by atoms with van der Waals surface area (Å²) in [6.07, 6.45) is 3.58. The van der Waals surface area contributed by atoms with E-state index in [1.165, 1.54) is 6.42 Å². The van der Waals surface area contributed by atoms with Gasteiger partial charge in [0.05, 0.1) is 24.7 Å². The minimum absolute atomic E-state index is 0.163. The van der Waals surface area contributed by atoms with Crippen LogP contribution in [0.4, 0.5) is 15.9 Å². The van der Waals surface area contributed by atoms with E-state index in [0.29, 0.717) is 37.0 Å². The quantitative estimate of drug-likeness (QED) is 0.477. The summed E-state index contributed by atoms with van der Waals surface area (Å²) in [5.41, 5.74) is 3.13. The standard InChI is InChI=1S/C30H36FN7O/c1-35-14-5-6-22(35)20-39-30-33-27-19-37(28-10-9-26(31)23-7-3-4-8-24(23)28)15-12-25(27)29(34-30)38-17-16-36(2)21(18-38)11-13-32/h3-4,7-10,21-22H,5-6,11-12,14-20H2,1-2H3/t21-,22-/m0/s1. The van der Waals surface area contributed by atoms with Gasteiger partial charge in [-0.05, 0) is 52.0 Å². The van der Waals surface area contributed by atoms with E-state index >= 15 is 0 Å². The van der Waals surface area contributed by atoms with Crippen molar-refractivity contribution in [3.8, 4) is 12.1 Å². The number of hydrogen-bond donors (Lipinski definition) is 0. The first kappa shape index (κ1) is 25.8. The molecule has 3 aliphatic rings. The molecule has 0 bridgehead atoms. The van der Waals surface area contributed by atoms with Crippen LogP contribution in [0, 0.1) is 17.1 Å². The van der Waals surface area contributed by atoms with Crippen molar-refractivity contribution in [3.63, 3.8) is 0 Å². The normalized spacial score (nSPS) is 22.2. The van der Waals surface area contributed by atoms with E-state index in [1.807, 2.05) is 30.3 Å². The van der Waals surface area contributed by atoms with Crippen LogP contribution in [0.1, 0.15) is 30.5 Å². The molecule has 0 N–H and O–H groups in total. The zero-order valence-electron chi connectivity index (χ0n) is 22.8. The van der Waals surface area contributed by atoms with Crippen LogP contribution in [0.2, 0.25) is 0 Å². The number of fused-ring (bicyclic) bond motifs is 2. The number of halogens is 1. The van der Waals surface area contributed by atoms with Gasteiger partial charge in [-0.1, -0.05) is 24.3 Å². The van der Waals surface area contributed by atoms with Gasteiger partial charge in [0.2, 0.25) is 0 Å². The molecule has 3 aromatic rings. The minimum Gasteiger partial charge on any atom is -0.462 e. The molecule has 9 heteroatoms. The Balaban J connectivity index is 1.33. The van der Waals surface area contributed by atoms with Gasteiger partial charge in [0.25, 0.3) is 0 Å². The lowest BCUT2D eigenvalue weighted by atomic mass is 10.0. The second kappa shape index (κ2) is 10.9. The van der Waals surface area contributed by atoms with Crippen molar-refractivity contribution in [2.75, 3.05) is 63.2 Å². The highest BCUT2D eigenvalue weighted by molar-refractivity contribution is 5.94. The predicted octanol–water partition coefficient (Wildman–Crippen LogP) is 3.84. The first-order valence-corrected chi connectivity index (χ1v) is 14.0. The average molecular weight is 530 g/mol. The minimum atomic E-state index is -0.203. The molecule has 1 aromatic heterocycles. The molecule has 0 saturated carbocycles. The summed E-state index contributed by atoms with van der Waals surface area (Å²) in [6.45, 7) is 5.54. The van der Waals surface area contributed by atoms with Crippen molar-refractivity contribution >= 4 is 22.3 Å². The highest BCUT2D eigenvalue weighted by atomic mass is 19.1. The van der Waals surface area contributed by atoms with E-state index in [1.54, 1.807) is 6.07 Å². The number of likely N-dealkylation sites (tertiary alicyclic amines) is 1. The fraction of sp³-hybridized carbons (Fsp3) is 0.500. The smallest absolute Gasteiger partial charge is 0.318 e. The van der Waals surface area contributed by atoms with Crippen LogP contribution in [0.5, 0.6) is 6.01 Å². The molecule has 6 rings (SSSR count). The number of rotatable bonds is 6. The van der Waals surface area contributed by atoms with Crippen LogP contribution in [0.15, 0.2) is 36.4 Å².